The molecule has 2 aromatic rings. The lowest BCUT2D eigenvalue weighted by molar-refractivity contribution is -0.434. The van der Waals surface area contributed by atoms with Crippen molar-refractivity contribution < 1.29 is 28.1 Å². The summed E-state index contributed by atoms with van der Waals surface area (Å²) in [6.07, 6.45) is -6.05. The van der Waals surface area contributed by atoms with E-state index in [9.17, 15) is 23.4 Å². The average molecular weight is 451 g/mol. The fraction of sp³-hybridized carbons (Fsp3) is 0.560. The van der Waals surface area contributed by atoms with Gasteiger partial charge in [-0.3, -0.25) is 4.98 Å². The molecule has 0 saturated carbocycles. The van der Waals surface area contributed by atoms with Crippen LogP contribution in [0.5, 0.6) is 0 Å². The molecule has 3 rings (SSSR count). The van der Waals surface area contributed by atoms with Crippen molar-refractivity contribution in [3.05, 3.63) is 63.5 Å². The lowest BCUT2D eigenvalue weighted by Crippen LogP contribution is -2.35. The number of ether oxygens (including phenoxy) is 1. The second-order valence-corrected chi connectivity index (χ2v) is 9.77. The van der Waals surface area contributed by atoms with Gasteiger partial charge in [0.05, 0.1) is 17.4 Å². The van der Waals surface area contributed by atoms with Gasteiger partial charge in [0.25, 0.3) is 0 Å². The minimum Gasteiger partial charge on any atom is -0.848 e. The molecule has 2 unspecified atom stereocenters. The molecule has 3 atom stereocenters. The van der Waals surface area contributed by atoms with Crippen LogP contribution in [0.2, 0.25) is 0 Å². The molecule has 1 aromatic heterocycles. The van der Waals surface area contributed by atoms with Gasteiger partial charge < -0.3 is 14.9 Å². The average Bonchev–Trinajstić information content (AvgIpc) is 2.69. The Morgan fingerprint density at radius 3 is 2.22 bits per heavy atom. The maximum Gasteiger partial charge on any atom is 0.416 e. The third-order valence-electron chi connectivity index (χ3n) is 6.27. The van der Waals surface area contributed by atoms with Crippen molar-refractivity contribution >= 4 is 0 Å². The van der Waals surface area contributed by atoms with Gasteiger partial charge >= 0.3 is 6.18 Å². The van der Waals surface area contributed by atoms with E-state index in [4.69, 9.17) is 9.72 Å². The van der Waals surface area contributed by atoms with Crippen LogP contribution in [0.15, 0.2) is 24.3 Å². The highest BCUT2D eigenvalue weighted by atomic mass is 19.4. The minimum atomic E-state index is -4.46. The standard InChI is InChI=1S/C25H31F3NO3/c1-13(2)19-20-17(11-24(4,5)12-18(20)30)29-22(14(3)32-6)21(19)23(31)15-7-9-16(10-8-15)25(26,27)28/h7-10,13-14,18,23,31H,11-12H2,1-6H3/q-1/t14?,18-,23?/m0/s1. The van der Waals surface area contributed by atoms with Gasteiger partial charge in [0, 0.05) is 18.4 Å². The molecule has 1 heterocycles. The summed E-state index contributed by atoms with van der Waals surface area (Å²) in [5, 5.41) is 24.6. The Hall–Kier alpha value is -1.96. The van der Waals surface area contributed by atoms with Crippen molar-refractivity contribution in [3.8, 4) is 0 Å². The second kappa shape index (κ2) is 8.76. The van der Waals surface area contributed by atoms with Crippen LogP contribution in [-0.2, 0) is 17.3 Å². The van der Waals surface area contributed by atoms with Crippen molar-refractivity contribution in [2.45, 2.75) is 77.9 Å². The minimum absolute atomic E-state index is 0.0914. The molecule has 32 heavy (non-hydrogen) atoms. The Bertz CT molecular complexity index is 968. The Kier molecular flexibility index (Phi) is 6.76. The van der Waals surface area contributed by atoms with E-state index in [-0.39, 0.29) is 11.3 Å². The van der Waals surface area contributed by atoms with E-state index in [1.165, 1.54) is 19.2 Å². The quantitative estimate of drug-likeness (QED) is 0.664. The normalized spacial score (nSPS) is 20.2. The molecule has 7 heteroatoms. The largest absolute Gasteiger partial charge is 0.848 e. The predicted molar refractivity (Wildman–Crippen MR) is 114 cm³/mol. The first-order valence-corrected chi connectivity index (χ1v) is 10.9. The maximum absolute atomic E-state index is 13.2. The topological polar surface area (TPSA) is 65.4 Å². The highest BCUT2D eigenvalue weighted by molar-refractivity contribution is 5.49. The molecule has 1 aliphatic rings. The van der Waals surface area contributed by atoms with E-state index in [2.05, 4.69) is 0 Å². The first-order valence-electron chi connectivity index (χ1n) is 10.9. The van der Waals surface area contributed by atoms with Crippen LogP contribution in [0.3, 0.4) is 0 Å². The summed E-state index contributed by atoms with van der Waals surface area (Å²) in [6.45, 7) is 9.80. The third-order valence-corrected chi connectivity index (χ3v) is 6.27. The molecule has 0 fully saturated rings. The van der Waals surface area contributed by atoms with Gasteiger partial charge in [0.15, 0.2) is 0 Å². The van der Waals surface area contributed by atoms with Gasteiger partial charge in [-0.2, -0.15) is 13.2 Å². The molecule has 4 nitrogen and oxygen atoms in total. The smallest absolute Gasteiger partial charge is 0.416 e. The summed E-state index contributed by atoms with van der Waals surface area (Å²) in [6, 6.07) is 4.46. The number of hydrogen-bond acceptors (Lipinski definition) is 4. The molecular formula is C25H31F3NO3-. The SMILES string of the molecule is COC(C)c1nc2c(c(C(C)C)c1C(O)c1ccc(C(F)(F)F)cc1)[C@@H]([O-])CC(C)(C)C2. The van der Waals surface area contributed by atoms with Gasteiger partial charge in [-0.1, -0.05) is 52.4 Å². The van der Waals surface area contributed by atoms with Crippen LogP contribution in [0.4, 0.5) is 13.2 Å². The zero-order chi connectivity index (χ0) is 24.0. The molecule has 0 saturated heterocycles. The van der Waals surface area contributed by atoms with Crippen molar-refractivity contribution in [2.24, 2.45) is 5.41 Å². The van der Waals surface area contributed by atoms with E-state index in [0.717, 1.165) is 23.4 Å². The van der Waals surface area contributed by atoms with E-state index < -0.39 is 30.1 Å². The zero-order valence-electron chi connectivity index (χ0n) is 19.4. The predicted octanol–water partition coefficient (Wildman–Crippen LogP) is 5.39. The van der Waals surface area contributed by atoms with Crippen LogP contribution in [-0.4, -0.2) is 17.2 Å². The molecule has 1 aromatic carbocycles. The lowest BCUT2D eigenvalue weighted by atomic mass is 9.71. The number of hydrogen-bond donors (Lipinski definition) is 1. The number of aliphatic hydroxyl groups excluding tert-OH is 1. The van der Waals surface area contributed by atoms with E-state index >= 15 is 0 Å². The van der Waals surface area contributed by atoms with Crippen molar-refractivity contribution in [2.75, 3.05) is 7.11 Å². The Balaban J connectivity index is 2.25. The molecular weight excluding hydrogens is 419 g/mol. The van der Waals surface area contributed by atoms with Gasteiger partial charge in [-0.15, -0.1) is 0 Å². The molecule has 0 aliphatic heterocycles. The molecule has 1 aliphatic carbocycles. The van der Waals surface area contributed by atoms with E-state index in [1.807, 2.05) is 34.6 Å². The molecule has 0 bridgehead atoms. The van der Waals surface area contributed by atoms with Gasteiger partial charge in [0.1, 0.15) is 6.10 Å². The van der Waals surface area contributed by atoms with E-state index in [0.29, 0.717) is 35.2 Å². The van der Waals surface area contributed by atoms with E-state index in [1.54, 1.807) is 0 Å². The fourth-order valence-electron chi connectivity index (χ4n) is 4.68. The summed E-state index contributed by atoms with van der Waals surface area (Å²) in [5.74, 6) is -0.0914. The molecule has 176 valence electrons. The van der Waals surface area contributed by atoms with Crippen molar-refractivity contribution in [1.82, 2.24) is 4.98 Å². The van der Waals surface area contributed by atoms with Crippen LogP contribution < -0.4 is 5.11 Å². The number of aromatic nitrogens is 1. The Labute approximate surface area is 187 Å². The number of rotatable bonds is 5. The van der Waals surface area contributed by atoms with Crippen molar-refractivity contribution in [3.63, 3.8) is 0 Å². The Morgan fingerprint density at radius 2 is 1.72 bits per heavy atom. The number of aliphatic hydroxyl groups is 1. The summed E-state index contributed by atoms with van der Waals surface area (Å²) in [7, 11) is 1.54. The Morgan fingerprint density at radius 1 is 1.12 bits per heavy atom. The lowest BCUT2D eigenvalue weighted by Gasteiger charge is -2.43. The molecule has 0 radical (unpaired) electrons. The van der Waals surface area contributed by atoms with Crippen LogP contribution >= 0.6 is 0 Å². The number of methoxy groups -OCH3 is 1. The van der Waals surface area contributed by atoms with Crippen LogP contribution in [0, 0.1) is 5.41 Å². The molecule has 0 spiro atoms. The number of pyridine rings is 1. The number of nitrogens with zero attached hydrogens (tertiary/aromatic N) is 1. The number of alkyl halides is 3. The monoisotopic (exact) mass is 450 g/mol. The summed E-state index contributed by atoms with van der Waals surface area (Å²) >= 11 is 0. The van der Waals surface area contributed by atoms with Gasteiger partial charge in [-0.05, 0) is 53.5 Å². The second-order valence-electron chi connectivity index (χ2n) is 9.77. The first kappa shape index (κ1) is 24.7. The van der Waals surface area contributed by atoms with Crippen LogP contribution in [0.25, 0.3) is 0 Å². The maximum atomic E-state index is 13.2. The van der Waals surface area contributed by atoms with Crippen LogP contribution in [0.1, 0.15) is 104 Å². The highest BCUT2D eigenvalue weighted by Crippen LogP contribution is 2.46. The summed E-state index contributed by atoms with van der Waals surface area (Å²) in [5.41, 5.74) is 2.40. The zero-order valence-corrected chi connectivity index (χ0v) is 19.4. The number of benzene rings is 1. The van der Waals surface area contributed by atoms with Gasteiger partial charge in [0.2, 0.25) is 0 Å². The highest BCUT2D eigenvalue weighted by Gasteiger charge is 2.36. The first-order chi connectivity index (χ1) is 14.8. The number of fused-ring (bicyclic) bond motifs is 1. The summed E-state index contributed by atoms with van der Waals surface area (Å²) in [4.78, 5) is 4.81. The number of halogens is 3. The van der Waals surface area contributed by atoms with Crippen molar-refractivity contribution in [1.29, 1.82) is 0 Å². The third kappa shape index (κ3) is 4.70. The molecule has 1 N–H and O–H groups in total. The summed E-state index contributed by atoms with van der Waals surface area (Å²) < 4.78 is 44.5. The van der Waals surface area contributed by atoms with Gasteiger partial charge in [-0.25, -0.2) is 0 Å². The fourth-order valence-corrected chi connectivity index (χ4v) is 4.68. The molecule has 0 amide bonds.